The molecule has 0 bridgehead atoms. The Bertz CT molecular complexity index is 548. The van der Waals surface area contributed by atoms with Crippen molar-refractivity contribution in [3.8, 4) is 0 Å². The van der Waals surface area contributed by atoms with Crippen molar-refractivity contribution in [1.29, 1.82) is 0 Å². The van der Waals surface area contributed by atoms with Gasteiger partial charge in [-0.2, -0.15) is 0 Å². The maximum Gasteiger partial charge on any atom is 0.336 e. The summed E-state index contributed by atoms with van der Waals surface area (Å²) in [5.74, 6) is -2.46. The molecule has 0 fully saturated rings. The smallest absolute Gasteiger partial charge is 0.336 e. The number of carboxylic acid groups (broad SMARTS) is 2. The normalized spacial score (nSPS) is 9.25. The maximum absolute atomic E-state index is 10.5. The maximum atomic E-state index is 10.5. The van der Waals surface area contributed by atoms with Gasteiger partial charge >= 0.3 is 11.9 Å². The number of carbonyl (C=O) groups is 2. The molecule has 0 heterocycles. The minimum atomic E-state index is -1.23. The van der Waals surface area contributed by atoms with Crippen LogP contribution in [-0.4, -0.2) is 22.2 Å². The first-order valence-electron chi connectivity index (χ1n) is 5.86. The van der Waals surface area contributed by atoms with Crippen LogP contribution in [0, 0.1) is 0 Å². The monoisotopic (exact) mass is 273 g/mol. The Morgan fingerprint density at radius 2 is 1.20 bits per heavy atom. The molecule has 0 amide bonds. The summed E-state index contributed by atoms with van der Waals surface area (Å²) < 4.78 is 0. The Morgan fingerprint density at radius 3 is 1.50 bits per heavy atom. The molecule has 0 atom stereocenters. The molecule has 0 aromatic heterocycles. The molecule has 2 rings (SSSR count). The van der Waals surface area contributed by atoms with E-state index in [0.29, 0.717) is 6.54 Å². The molecule has 4 N–H and O–H groups in total. The molecule has 0 aliphatic heterocycles. The van der Waals surface area contributed by atoms with Crippen molar-refractivity contribution in [3.05, 3.63) is 71.3 Å². The summed E-state index contributed by atoms with van der Waals surface area (Å²) >= 11 is 0. The standard InChI is InChI=1S/C8H6O4.C7H9N/c9-7(10)5-3-1-2-4-6(5)8(11)12;8-6-7-4-2-1-3-5-7/h1-4H,(H,9,10)(H,11,12);1-5H,6,8H2. The molecule has 0 aliphatic carbocycles. The lowest BCUT2D eigenvalue weighted by atomic mass is 10.1. The number of hydrogen-bond acceptors (Lipinski definition) is 3. The zero-order valence-electron chi connectivity index (χ0n) is 10.7. The first kappa shape index (κ1) is 15.4. The van der Waals surface area contributed by atoms with E-state index in [4.69, 9.17) is 15.9 Å². The van der Waals surface area contributed by atoms with Gasteiger partial charge in [-0.1, -0.05) is 42.5 Å². The minimum Gasteiger partial charge on any atom is -0.478 e. The van der Waals surface area contributed by atoms with E-state index < -0.39 is 11.9 Å². The summed E-state index contributed by atoms with van der Waals surface area (Å²) in [7, 11) is 0. The highest BCUT2D eigenvalue weighted by atomic mass is 16.4. The van der Waals surface area contributed by atoms with Gasteiger partial charge in [0.15, 0.2) is 0 Å². The number of hydrogen-bond donors (Lipinski definition) is 3. The predicted octanol–water partition coefficient (Wildman–Crippen LogP) is 2.23. The lowest BCUT2D eigenvalue weighted by Crippen LogP contribution is -2.06. The van der Waals surface area contributed by atoms with E-state index in [1.165, 1.54) is 29.8 Å². The SMILES string of the molecule is NCc1ccccc1.O=C(O)c1ccccc1C(=O)O. The molecule has 5 nitrogen and oxygen atoms in total. The van der Waals surface area contributed by atoms with Crippen molar-refractivity contribution in [1.82, 2.24) is 0 Å². The second kappa shape index (κ2) is 7.70. The Labute approximate surface area is 116 Å². The van der Waals surface area contributed by atoms with Crippen molar-refractivity contribution >= 4 is 11.9 Å². The second-order valence-electron chi connectivity index (χ2n) is 3.85. The van der Waals surface area contributed by atoms with Gasteiger partial charge in [0.2, 0.25) is 0 Å². The topological polar surface area (TPSA) is 101 Å². The zero-order chi connectivity index (χ0) is 15.0. The Balaban J connectivity index is 0.000000217. The Kier molecular flexibility index (Phi) is 5.93. The molecule has 104 valence electrons. The lowest BCUT2D eigenvalue weighted by Gasteiger charge is -1.98. The van der Waals surface area contributed by atoms with Gasteiger partial charge in [0.1, 0.15) is 0 Å². The van der Waals surface area contributed by atoms with E-state index in [1.54, 1.807) is 0 Å². The number of rotatable bonds is 3. The van der Waals surface area contributed by atoms with Gasteiger partial charge < -0.3 is 15.9 Å². The van der Waals surface area contributed by atoms with Crippen LogP contribution in [0.15, 0.2) is 54.6 Å². The van der Waals surface area contributed by atoms with Gasteiger partial charge in [-0.3, -0.25) is 0 Å². The molecule has 2 aromatic rings. The fourth-order valence-corrected chi connectivity index (χ4v) is 1.47. The van der Waals surface area contributed by atoms with E-state index >= 15 is 0 Å². The van der Waals surface area contributed by atoms with Crippen molar-refractivity contribution < 1.29 is 19.8 Å². The molecule has 5 heteroatoms. The van der Waals surface area contributed by atoms with E-state index in [1.807, 2.05) is 30.3 Å². The first-order chi connectivity index (χ1) is 9.56. The van der Waals surface area contributed by atoms with E-state index in [-0.39, 0.29) is 11.1 Å². The third-order valence-electron chi connectivity index (χ3n) is 2.47. The molecule has 0 saturated heterocycles. The summed E-state index contributed by atoms with van der Waals surface area (Å²) in [6, 6.07) is 15.5. The molecule has 2 aromatic carbocycles. The molecular formula is C15H15NO4. The molecule has 0 spiro atoms. The average Bonchev–Trinajstić information content (AvgIpc) is 2.48. The number of benzene rings is 2. The van der Waals surface area contributed by atoms with E-state index in [0.717, 1.165) is 0 Å². The molecule has 0 aliphatic rings. The van der Waals surface area contributed by atoms with Crippen molar-refractivity contribution in [3.63, 3.8) is 0 Å². The van der Waals surface area contributed by atoms with Gasteiger partial charge in [-0.25, -0.2) is 9.59 Å². The minimum absolute atomic E-state index is 0.190. The van der Waals surface area contributed by atoms with Crippen molar-refractivity contribution in [2.45, 2.75) is 6.54 Å². The van der Waals surface area contributed by atoms with Crippen LogP contribution >= 0.6 is 0 Å². The highest BCUT2D eigenvalue weighted by Crippen LogP contribution is 2.07. The molecule has 0 saturated carbocycles. The van der Waals surface area contributed by atoms with E-state index in [9.17, 15) is 9.59 Å². The zero-order valence-corrected chi connectivity index (χ0v) is 10.7. The second-order valence-corrected chi connectivity index (χ2v) is 3.85. The third kappa shape index (κ3) is 4.55. The van der Waals surface area contributed by atoms with Crippen LogP contribution in [0.2, 0.25) is 0 Å². The summed E-state index contributed by atoms with van der Waals surface area (Å²) in [6.07, 6.45) is 0. The fourth-order valence-electron chi connectivity index (χ4n) is 1.47. The number of nitrogens with two attached hydrogens (primary N) is 1. The third-order valence-corrected chi connectivity index (χ3v) is 2.47. The summed E-state index contributed by atoms with van der Waals surface area (Å²) in [4.78, 5) is 20.9. The van der Waals surface area contributed by atoms with Crippen LogP contribution < -0.4 is 5.73 Å². The highest BCUT2D eigenvalue weighted by molar-refractivity contribution is 6.01. The summed E-state index contributed by atoms with van der Waals surface area (Å²) in [6.45, 7) is 0.640. The Morgan fingerprint density at radius 1 is 0.800 bits per heavy atom. The molecule has 20 heavy (non-hydrogen) atoms. The first-order valence-corrected chi connectivity index (χ1v) is 5.86. The van der Waals surface area contributed by atoms with Crippen LogP contribution in [-0.2, 0) is 6.54 Å². The van der Waals surface area contributed by atoms with Crippen LogP contribution in [0.5, 0.6) is 0 Å². The van der Waals surface area contributed by atoms with Gasteiger partial charge in [0.05, 0.1) is 11.1 Å². The molecule has 0 unspecified atom stereocenters. The van der Waals surface area contributed by atoms with Crippen molar-refractivity contribution in [2.24, 2.45) is 5.73 Å². The van der Waals surface area contributed by atoms with Gasteiger partial charge in [-0.15, -0.1) is 0 Å². The van der Waals surface area contributed by atoms with Crippen LogP contribution in [0.25, 0.3) is 0 Å². The number of aromatic carboxylic acids is 2. The molecular weight excluding hydrogens is 258 g/mol. The largest absolute Gasteiger partial charge is 0.478 e. The van der Waals surface area contributed by atoms with Gasteiger partial charge in [-0.05, 0) is 17.7 Å². The van der Waals surface area contributed by atoms with Crippen LogP contribution in [0.3, 0.4) is 0 Å². The predicted molar refractivity (Wildman–Crippen MR) is 74.7 cm³/mol. The molecule has 0 radical (unpaired) electrons. The quantitative estimate of drug-likeness (QED) is 0.796. The van der Waals surface area contributed by atoms with E-state index in [2.05, 4.69) is 0 Å². The summed E-state index contributed by atoms with van der Waals surface area (Å²) in [5.41, 5.74) is 6.16. The summed E-state index contributed by atoms with van der Waals surface area (Å²) in [5, 5.41) is 17.1. The van der Waals surface area contributed by atoms with Crippen LogP contribution in [0.1, 0.15) is 26.3 Å². The van der Waals surface area contributed by atoms with Crippen LogP contribution in [0.4, 0.5) is 0 Å². The fraction of sp³-hybridized carbons (Fsp3) is 0.0667. The highest BCUT2D eigenvalue weighted by Gasteiger charge is 2.13. The van der Waals surface area contributed by atoms with Gasteiger partial charge in [0.25, 0.3) is 0 Å². The average molecular weight is 273 g/mol. The van der Waals surface area contributed by atoms with Crippen molar-refractivity contribution in [2.75, 3.05) is 0 Å². The lowest BCUT2D eigenvalue weighted by molar-refractivity contribution is 0.0651. The van der Waals surface area contributed by atoms with Gasteiger partial charge in [0, 0.05) is 6.54 Å². The number of carboxylic acids is 2. The Hall–Kier alpha value is -2.66.